The lowest BCUT2D eigenvalue weighted by molar-refractivity contribution is -0.135. The van der Waals surface area contributed by atoms with Crippen LogP contribution in [0, 0.1) is 0 Å². The number of halogens is 1. The van der Waals surface area contributed by atoms with Crippen LogP contribution in [0.3, 0.4) is 0 Å². The molecule has 5 heteroatoms. The third kappa shape index (κ3) is 1.57. The Hall–Kier alpha value is -1.81. The minimum absolute atomic E-state index is 0.229. The SMILES string of the molecule is COC(=O)C(=O)c1c[nH]c2cccc(Cl)c12. The molecule has 0 saturated heterocycles. The number of hydrogen-bond donors (Lipinski definition) is 1. The summed E-state index contributed by atoms with van der Waals surface area (Å²) in [6.45, 7) is 0. The monoisotopic (exact) mass is 237 g/mol. The second-order valence-electron chi connectivity index (χ2n) is 3.19. The van der Waals surface area contributed by atoms with E-state index in [9.17, 15) is 9.59 Å². The minimum atomic E-state index is -0.902. The molecule has 0 amide bonds. The van der Waals surface area contributed by atoms with E-state index in [1.165, 1.54) is 6.20 Å². The van der Waals surface area contributed by atoms with Gasteiger partial charge in [0.05, 0.1) is 17.7 Å². The highest BCUT2D eigenvalue weighted by Gasteiger charge is 2.21. The van der Waals surface area contributed by atoms with Crippen LogP contribution in [-0.4, -0.2) is 23.8 Å². The van der Waals surface area contributed by atoms with E-state index in [1.807, 2.05) is 0 Å². The molecule has 1 N–H and O–H groups in total. The maximum Gasteiger partial charge on any atom is 0.379 e. The van der Waals surface area contributed by atoms with Gasteiger partial charge in [-0.25, -0.2) is 4.79 Å². The normalized spacial score (nSPS) is 10.4. The number of aromatic amines is 1. The van der Waals surface area contributed by atoms with E-state index >= 15 is 0 Å². The standard InChI is InChI=1S/C11H8ClNO3/c1-16-11(15)10(14)6-5-13-8-4-2-3-7(12)9(6)8/h2-5,13H,1H3. The summed E-state index contributed by atoms with van der Waals surface area (Å²) >= 11 is 5.97. The average molecular weight is 238 g/mol. The van der Waals surface area contributed by atoms with Crippen LogP contribution < -0.4 is 0 Å². The summed E-state index contributed by atoms with van der Waals surface area (Å²) in [6, 6.07) is 5.19. The van der Waals surface area contributed by atoms with E-state index in [-0.39, 0.29) is 5.56 Å². The molecule has 1 heterocycles. The van der Waals surface area contributed by atoms with Gasteiger partial charge in [0.1, 0.15) is 0 Å². The fourth-order valence-electron chi connectivity index (χ4n) is 1.52. The van der Waals surface area contributed by atoms with Gasteiger partial charge in [0.2, 0.25) is 0 Å². The number of ketones is 1. The molecule has 0 aliphatic heterocycles. The molecule has 0 fully saturated rings. The Bertz CT molecular complexity index is 574. The zero-order chi connectivity index (χ0) is 11.7. The molecule has 4 nitrogen and oxygen atoms in total. The molecule has 2 rings (SSSR count). The average Bonchev–Trinajstić information content (AvgIpc) is 2.72. The van der Waals surface area contributed by atoms with Crippen molar-refractivity contribution in [3.05, 3.63) is 35.0 Å². The van der Waals surface area contributed by atoms with Crippen LogP contribution >= 0.6 is 11.6 Å². The zero-order valence-electron chi connectivity index (χ0n) is 8.41. The molecular formula is C11H8ClNO3. The van der Waals surface area contributed by atoms with Gasteiger partial charge < -0.3 is 9.72 Å². The van der Waals surface area contributed by atoms with Crippen molar-refractivity contribution < 1.29 is 14.3 Å². The number of benzene rings is 1. The number of rotatable bonds is 2. The first-order valence-electron chi connectivity index (χ1n) is 4.53. The highest BCUT2D eigenvalue weighted by Crippen LogP contribution is 2.26. The predicted octanol–water partition coefficient (Wildman–Crippen LogP) is 2.18. The largest absolute Gasteiger partial charge is 0.463 e. The number of esters is 1. The van der Waals surface area contributed by atoms with Crippen LogP contribution in [0.2, 0.25) is 5.02 Å². The maximum absolute atomic E-state index is 11.6. The van der Waals surface area contributed by atoms with Gasteiger partial charge in [-0.3, -0.25) is 4.79 Å². The molecule has 0 aliphatic rings. The van der Waals surface area contributed by atoms with Gasteiger partial charge >= 0.3 is 5.97 Å². The Kier molecular flexibility index (Phi) is 2.66. The summed E-state index contributed by atoms with van der Waals surface area (Å²) in [7, 11) is 1.16. The first-order chi connectivity index (χ1) is 7.65. The van der Waals surface area contributed by atoms with Crippen molar-refractivity contribution in [2.45, 2.75) is 0 Å². The third-order valence-corrected chi connectivity index (χ3v) is 2.59. The summed E-state index contributed by atoms with van der Waals surface area (Å²) in [6.07, 6.45) is 1.45. The van der Waals surface area contributed by atoms with Gasteiger partial charge in [-0.05, 0) is 12.1 Å². The molecule has 82 valence electrons. The number of nitrogens with one attached hydrogen (secondary N) is 1. The molecule has 0 radical (unpaired) electrons. The van der Waals surface area contributed by atoms with Crippen molar-refractivity contribution >= 4 is 34.3 Å². The lowest BCUT2D eigenvalue weighted by Gasteiger charge is -1.98. The second kappa shape index (κ2) is 3.98. The number of ether oxygens (including phenoxy) is 1. The molecule has 0 atom stereocenters. The smallest absolute Gasteiger partial charge is 0.379 e. The number of Topliss-reactive ketones (excluding diaryl/α,β-unsaturated/α-hetero) is 1. The topological polar surface area (TPSA) is 59.2 Å². The molecule has 0 aliphatic carbocycles. The summed E-state index contributed by atoms with van der Waals surface area (Å²) in [4.78, 5) is 25.7. The zero-order valence-corrected chi connectivity index (χ0v) is 9.17. The Balaban J connectivity index is 2.62. The quantitative estimate of drug-likeness (QED) is 0.495. The number of fused-ring (bicyclic) bond motifs is 1. The highest BCUT2D eigenvalue weighted by molar-refractivity contribution is 6.45. The van der Waals surface area contributed by atoms with Crippen molar-refractivity contribution in [2.75, 3.05) is 7.11 Å². The first kappa shape index (κ1) is 10.7. The molecule has 2 aromatic rings. The maximum atomic E-state index is 11.6. The molecule has 1 aromatic heterocycles. The van der Waals surface area contributed by atoms with E-state index in [2.05, 4.69) is 9.72 Å². The van der Waals surface area contributed by atoms with E-state index in [4.69, 9.17) is 11.6 Å². The van der Waals surface area contributed by atoms with E-state index in [0.717, 1.165) is 7.11 Å². The molecule has 0 saturated carbocycles. The summed E-state index contributed by atoms with van der Waals surface area (Å²) in [5, 5.41) is 0.963. The van der Waals surface area contributed by atoms with Crippen molar-refractivity contribution in [3.8, 4) is 0 Å². The van der Waals surface area contributed by atoms with Gasteiger partial charge in [-0.1, -0.05) is 17.7 Å². The van der Waals surface area contributed by atoms with Crippen molar-refractivity contribution in [1.82, 2.24) is 4.98 Å². The number of H-pyrrole nitrogens is 1. The van der Waals surface area contributed by atoms with Gasteiger partial charge in [-0.2, -0.15) is 0 Å². The molecule has 0 spiro atoms. The summed E-state index contributed by atoms with van der Waals surface area (Å²) < 4.78 is 4.38. The lowest BCUT2D eigenvalue weighted by atomic mass is 10.1. The van der Waals surface area contributed by atoms with Crippen molar-refractivity contribution in [3.63, 3.8) is 0 Å². The minimum Gasteiger partial charge on any atom is -0.463 e. The van der Waals surface area contributed by atoms with Crippen molar-refractivity contribution in [2.24, 2.45) is 0 Å². The van der Waals surface area contributed by atoms with E-state index in [1.54, 1.807) is 18.2 Å². The predicted molar refractivity (Wildman–Crippen MR) is 59.7 cm³/mol. The Morgan fingerprint density at radius 1 is 1.38 bits per heavy atom. The first-order valence-corrected chi connectivity index (χ1v) is 4.91. The van der Waals surface area contributed by atoms with Crippen LogP contribution in [-0.2, 0) is 9.53 Å². The fourth-order valence-corrected chi connectivity index (χ4v) is 1.80. The third-order valence-electron chi connectivity index (χ3n) is 2.27. The number of carbonyl (C=O) groups excluding carboxylic acids is 2. The molecule has 16 heavy (non-hydrogen) atoms. The number of aromatic nitrogens is 1. The number of carbonyl (C=O) groups is 2. The Morgan fingerprint density at radius 2 is 2.12 bits per heavy atom. The van der Waals surface area contributed by atoms with Crippen LogP contribution in [0.1, 0.15) is 10.4 Å². The summed E-state index contributed by atoms with van der Waals surface area (Å²) in [5.41, 5.74) is 0.937. The van der Waals surface area contributed by atoms with Crippen molar-refractivity contribution in [1.29, 1.82) is 0 Å². The Labute approximate surface area is 96.2 Å². The number of hydrogen-bond acceptors (Lipinski definition) is 3. The van der Waals surface area contributed by atoms with Gasteiger partial charge in [-0.15, -0.1) is 0 Å². The van der Waals surface area contributed by atoms with Gasteiger partial charge in [0.15, 0.2) is 0 Å². The van der Waals surface area contributed by atoms with Gasteiger partial charge in [0, 0.05) is 17.1 Å². The summed E-state index contributed by atoms with van der Waals surface area (Å²) in [5.74, 6) is -1.61. The second-order valence-corrected chi connectivity index (χ2v) is 3.59. The van der Waals surface area contributed by atoms with Crippen LogP contribution in [0.25, 0.3) is 10.9 Å². The highest BCUT2D eigenvalue weighted by atomic mass is 35.5. The van der Waals surface area contributed by atoms with Crippen LogP contribution in [0.15, 0.2) is 24.4 Å². The van der Waals surface area contributed by atoms with Gasteiger partial charge in [0.25, 0.3) is 5.78 Å². The molecule has 0 bridgehead atoms. The molecule has 0 unspecified atom stereocenters. The lowest BCUT2D eigenvalue weighted by Crippen LogP contribution is -2.15. The molecular weight excluding hydrogens is 230 g/mol. The Morgan fingerprint density at radius 3 is 2.81 bits per heavy atom. The van der Waals surface area contributed by atoms with E-state index < -0.39 is 11.8 Å². The van der Waals surface area contributed by atoms with E-state index in [0.29, 0.717) is 15.9 Å². The van der Waals surface area contributed by atoms with Crippen LogP contribution in [0.4, 0.5) is 0 Å². The molecule has 1 aromatic carbocycles. The fraction of sp³-hybridized carbons (Fsp3) is 0.0909. The number of methoxy groups -OCH3 is 1. The van der Waals surface area contributed by atoms with Crippen LogP contribution in [0.5, 0.6) is 0 Å².